The van der Waals surface area contributed by atoms with Crippen molar-refractivity contribution in [1.29, 1.82) is 0 Å². The second kappa shape index (κ2) is 8.56. The molecule has 0 saturated carbocycles. The highest BCUT2D eigenvalue weighted by atomic mass is 35.5. The fourth-order valence-corrected chi connectivity index (χ4v) is 1.23. The van der Waals surface area contributed by atoms with Gasteiger partial charge < -0.3 is 4.74 Å². The highest BCUT2D eigenvalue weighted by Crippen LogP contribution is 2.03. The Hall–Kier alpha value is -0.0300. The monoisotopic (exact) mass is 228 g/mol. The molecule has 0 radical (unpaired) electrons. The molecule has 0 bridgehead atoms. The normalized spacial score (nSPS) is 12.5. The lowest BCUT2D eigenvalue weighted by Gasteiger charge is -2.11. The van der Waals surface area contributed by atoms with Crippen LogP contribution in [0.5, 0.6) is 0 Å². The van der Waals surface area contributed by atoms with Crippen LogP contribution in [-0.2, 0) is 9.53 Å². The summed E-state index contributed by atoms with van der Waals surface area (Å²) in [6.45, 7) is 0.720. The summed E-state index contributed by atoms with van der Waals surface area (Å²) >= 11 is 10.6. The molecular formula is C7H14Cl2N2O2. The van der Waals surface area contributed by atoms with E-state index in [2.05, 4.69) is 14.4 Å². The molecule has 0 heterocycles. The number of hydrogen-bond acceptors (Lipinski definition) is 4. The second-order valence-electron chi connectivity index (χ2n) is 2.56. The van der Waals surface area contributed by atoms with Crippen molar-refractivity contribution in [2.24, 2.45) is 0 Å². The van der Waals surface area contributed by atoms with Crippen LogP contribution >= 0.6 is 23.6 Å². The summed E-state index contributed by atoms with van der Waals surface area (Å²) in [5, 5.41) is 0. The van der Waals surface area contributed by atoms with Crippen LogP contribution in [0, 0.1) is 0 Å². The quantitative estimate of drug-likeness (QED) is 0.391. The maximum Gasteiger partial charge on any atom is 0.324 e. The number of ether oxygens (including phenoxy) is 1. The van der Waals surface area contributed by atoms with Gasteiger partial charge in [-0.1, -0.05) is 0 Å². The van der Waals surface area contributed by atoms with Crippen LogP contribution in [0.4, 0.5) is 0 Å². The number of unbranched alkanes of at least 4 members (excludes halogenated alkanes) is 1. The van der Waals surface area contributed by atoms with E-state index in [1.807, 2.05) is 0 Å². The summed E-state index contributed by atoms with van der Waals surface area (Å²) in [5.41, 5.74) is 0. The maximum absolute atomic E-state index is 11.0. The maximum atomic E-state index is 11.0. The van der Waals surface area contributed by atoms with E-state index >= 15 is 0 Å². The van der Waals surface area contributed by atoms with Crippen molar-refractivity contribution in [2.45, 2.75) is 25.3 Å². The minimum Gasteiger partial charge on any atom is -0.468 e. The molecule has 78 valence electrons. The zero-order chi connectivity index (χ0) is 10.1. The molecule has 0 aromatic rings. The molecule has 0 spiro atoms. The number of rotatable bonds is 7. The summed E-state index contributed by atoms with van der Waals surface area (Å²) in [6, 6.07) is -0.429. The molecule has 0 aromatic carbocycles. The highest BCUT2D eigenvalue weighted by molar-refractivity contribution is 6.14. The zero-order valence-electron chi connectivity index (χ0n) is 7.48. The fraction of sp³-hybridized carbons (Fsp3) is 0.857. The van der Waals surface area contributed by atoms with Gasteiger partial charge in [-0.05, 0) is 42.8 Å². The van der Waals surface area contributed by atoms with E-state index in [0.717, 1.165) is 19.4 Å². The molecule has 0 aliphatic carbocycles. The lowest BCUT2D eigenvalue weighted by atomic mass is 10.1. The van der Waals surface area contributed by atoms with Crippen LogP contribution in [0.1, 0.15) is 19.3 Å². The van der Waals surface area contributed by atoms with Crippen molar-refractivity contribution < 1.29 is 9.53 Å². The van der Waals surface area contributed by atoms with Gasteiger partial charge in [-0.15, -0.1) is 0 Å². The number of halogens is 2. The average molecular weight is 229 g/mol. The van der Waals surface area contributed by atoms with Crippen LogP contribution in [0.2, 0.25) is 0 Å². The van der Waals surface area contributed by atoms with Gasteiger partial charge in [0, 0.05) is 6.54 Å². The molecule has 0 aliphatic heterocycles. The van der Waals surface area contributed by atoms with Gasteiger partial charge in [-0.25, -0.2) is 9.67 Å². The summed E-state index contributed by atoms with van der Waals surface area (Å²) < 4.78 is 4.53. The number of hydrogen-bond donors (Lipinski definition) is 2. The van der Waals surface area contributed by atoms with Crippen molar-refractivity contribution >= 4 is 29.5 Å². The molecule has 0 saturated heterocycles. The number of esters is 1. The summed E-state index contributed by atoms with van der Waals surface area (Å²) in [6.07, 6.45) is 2.41. The molecule has 6 heteroatoms. The molecular weight excluding hydrogens is 215 g/mol. The summed E-state index contributed by atoms with van der Waals surface area (Å²) in [5.74, 6) is -0.339. The van der Waals surface area contributed by atoms with Crippen LogP contribution in [-0.4, -0.2) is 25.7 Å². The molecule has 0 aliphatic rings. The lowest BCUT2D eigenvalue weighted by molar-refractivity contribution is -0.142. The van der Waals surface area contributed by atoms with Gasteiger partial charge in [0.1, 0.15) is 6.04 Å². The molecule has 0 unspecified atom stereocenters. The SMILES string of the molecule is COC(=O)[C@H](CCCCNCl)NCl. The molecule has 13 heavy (non-hydrogen) atoms. The Labute approximate surface area is 88.1 Å². The summed E-state index contributed by atoms with van der Waals surface area (Å²) in [7, 11) is 1.34. The van der Waals surface area contributed by atoms with E-state index in [9.17, 15) is 4.79 Å². The largest absolute Gasteiger partial charge is 0.468 e. The van der Waals surface area contributed by atoms with Gasteiger partial charge in [0.05, 0.1) is 7.11 Å². The first-order chi connectivity index (χ1) is 6.26. The van der Waals surface area contributed by atoms with E-state index in [4.69, 9.17) is 23.6 Å². The number of nitrogens with one attached hydrogen (secondary N) is 2. The third-order valence-corrected chi connectivity index (χ3v) is 2.08. The van der Waals surface area contributed by atoms with Gasteiger partial charge in [0.2, 0.25) is 0 Å². The fourth-order valence-electron chi connectivity index (χ4n) is 0.899. The second-order valence-corrected chi connectivity index (χ2v) is 3.05. The lowest BCUT2D eigenvalue weighted by Crippen LogP contribution is -2.31. The topological polar surface area (TPSA) is 50.4 Å². The van der Waals surface area contributed by atoms with Crippen molar-refractivity contribution in [3.8, 4) is 0 Å². The standard InChI is InChI=1S/C7H14Cl2N2O2/c1-13-7(12)6(11-9)4-2-3-5-10-8/h6,10-11H,2-5H2,1H3/t6-/m0/s1. The molecule has 2 N–H and O–H groups in total. The van der Waals surface area contributed by atoms with E-state index in [1.165, 1.54) is 7.11 Å². The number of carbonyl (C=O) groups excluding carboxylic acids is 1. The third-order valence-electron chi connectivity index (χ3n) is 1.63. The van der Waals surface area contributed by atoms with Crippen molar-refractivity contribution in [3.05, 3.63) is 0 Å². The first-order valence-corrected chi connectivity index (χ1v) is 4.79. The predicted octanol–water partition coefficient (Wildman–Crippen LogP) is 1.19. The van der Waals surface area contributed by atoms with Crippen LogP contribution < -0.4 is 9.67 Å². The Kier molecular flexibility index (Phi) is 8.54. The van der Waals surface area contributed by atoms with Gasteiger partial charge in [0.15, 0.2) is 0 Å². The predicted molar refractivity (Wildman–Crippen MR) is 52.5 cm³/mol. The van der Waals surface area contributed by atoms with Crippen molar-refractivity contribution in [1.82, 2.24) is 9.67 Å². The number of methoxy groups -OCH3 is 1. The van der Waals surface area contributed by atoms with Gasteiger partial charge in [-0.2, -0.15) is 0 Å². The van der Waals surface area contributed by atoms with Crippen molar-refractivity contribution in [2.75, 3.05) is 13.7 Å². The third kappa shape index (κ3) is 6.10. The Morgan fingerprint density at radius 3 is 2.62 bits per heavy atom. The Morgan fingerprint density at radius 1 is 1.46 bits per heavy atom. The smallest absolute Gasteiger partial charge is 0.324 e. The molecule has 4 nitrogen and oxygen atoms in total. The van der Waals surface area contributed by atoms with E-state index in [1.54, 1.807) is 0 Å². The van der Waals surface area contributed by atoms with Gasteiger partial charge >= 0.3 is 5.97 Å². The van der Waals surface area contributed by atoms with Crippen LogP contribution in [0.25, 0.3) is 0 Å². The van der Waals surface area contributed by atoms with E-state index in [-0.39, 0.29) is 5.97 Å². The van der Waals surface area contributed by atoms with Crippen molar-refractivity contribution in [3.63, 3.8) is 0 Å². The molecule has 1 atom stereocenters. The average Bonchev–Trinajstić information content (AvgIpc) is 2.17. The first-order valence-electron chi connectivity index (χ1n) is 4.03. The Bertz CT molecular complexity index is 146. The highest BCUT2D eigenvalue weighted by Gasteiger charge is 2.16. The molecule has 0 rings (SSSR count). The van der Waals surface area contributed by atoms with E-state index in [0.29, 0.717) is 6.42 Å². The zero-order valence-corrected chi connectivity index (χ0v) is 8.99. The molecule has 0 amide bonds. The minimum atomic E-state index is -0.429. The minimum absolute atomic E-state index is 0.339. The van der Waals surface area contributed by atoms with E-state index < -0.39 is 6.04 Å². The Morgan fingerprint density at radius 2 is 2.15 bits per heavy atom. The van der Waals surface area contributed by atoms with Gasteiger partial charge in [0.25, 0.3) is 0 Å². The first kappa shape index (κ1) is 13.0. The molecule has 0 fully saturated rings. The Balaban J connectivity index is 3.53. The summed E-state index contributed by atoms with van der Waals surface area (Å²) in [4.78, 5) is 15.9. The van der Waals surface area contributed by atoms with Gasteiger partial charge in [-0.3, -0.25) is 4.79 Å². The van der Waals surface area contributed by atoms with Crippen LogP contribution in [0.15, 0.2) is 0 Å². The molecule has 0 aromatic heterocycles. The number of carbonyl (C=O) groups is 1. The van der Waals surface area contributed by atoms with Crippen LogP contribution in [0.3, 0.4) is 0 Å².